The molecular weight excluding hydrogens is 308 g/mol. The van der Waals surface area contributed by atoms with Gasteiger partial charge >= 0.3 is 0 Å². The quantitative estimate of drug-likeness (QED) is 0.900. The van der Waals surface area contributed by atoms with Crippen LogP contribution in [0.5, 0.6) is 0 Å². The molecule has 3 nitrogen and oxygen atoms in total. The van der Waals surface area contributed by atoms with E-state index in [1.165, 1.54) is 22.3 Å². The average Bonchev–Trinajstić information content (AvgIpc) is 2.63. The lowest BCUT2D eigenvalue weighted by molar-refractivity contribution is -0.126. The third-order valence-corrected chi connectivity index (χ3v) is 5.20. The number of rotatable bonds is 5. The maximum atomic E-state index is 12.5. The number of nitrogens with one attached hydrogen (secondary N) is 1. The predicted molar refractivity (Wildman–Crippen MR) is 102 cm³/mol. The van der Waals surface area contributed by atoms with Crippen LogP contribution in [0.1, 0.15) is 35.1 Å². The van der Waals surface area contributed by atoms with Crippen molar-refractivity contribution in [1.82, 2.24) is 10.2 Å². The minimum atomic E-state index is 0.151. The monoisotopic (exact) mass is 336 g/mol. The largest absolute Gasteiger partial charge is 0.352 e. The topological polar surface area (TPSA) is 32.3 Å². The molecule has 3 rings (SSSR count). The number of carbonyl (C=O) groups is 1. The highest BCUT2D eigenvalue weighted by molar-refractivity contribution is 5.78. The average molecular weight is 336 g/mol. The molecule has 0 radical (unpaired) electrons. The van der Waals surface area contributed by atoms with Crippen LogP contribution in [0.15, 0.2) is 48.5 Å². The van der Waals surface area contributed by atoms with Crippen LogP contribution in [0.3, 0.4) is 0 Å². The van der Waals surface area contributed by atoms with Crippen LogP contribution in [-0.2, 0) is 17.9 Å². The minimum absolute atomic E-state index is 0.151. The molecule has 2 aromatic carbocycles. The van der Waals surface area contributed by atoms with E-state index in [0.717, 1.165) is 32.5 Å². The number of nitrogens with zero attached hydrogens (tertiary/aromatic N) is 1. The maximum Gasteiger partial charge on any atom is 0.223 e. The van der Waals surface area contributed by atoms with Gasteiger partial charge in [-0.25, -0.2) is 0 Å². The molecule has 1 fully saturated rings. The molecule has 1 aliphatic rings. The number of amides is 1. The summed E-state index contributed by atoms with van der Waals surface area (Å²) in [5.41, 5.74) is 5.09. The van der Waals surface area contributed by atoms with Crippen LogP contribution in [0.2, 0.25) is 0 Å². The van der Waals surface area contributed by atoms with E-state index in [1.54, 1.807) is 0 Å². The lowest BCUT2D eigenvalue weighted by atomic mass is 9.95. The van der Waals surface area contributed by atoms with Gasteiger partial charge in [-0.15, -0.1) is 0 Å². The summed E-state index contributed by atoms with van der Waals surface area (Å²) in [6.07, 6.45) is 1.90. The van der Waals surface area contributed by atoms with Crippen LogP contribution in [0.25, 0.3) is 0 Å². The van der Waals surface area contributed by atoms with Gasteiger partial charge < -0.3 is 5.32 Å². The van der Waals surface area contributed by atoms with Gasteiger partial charge in [-0.3, -0.25) is 9.69 Å². The van der Waals surface area contributed by atoms with Gasteiger partial charge in [-0.1, -0.05) is 54.1 Å². The molecule has 0 aromatic heterocycles. The summed E-state index contributed by atoms with van der Waals surface area (Å²) in [5.74, 6) is 0.358. The first-order valence-electron chi connectivity index (χ1n) is 9.22. The number of piperidine rings is 1. The molecule has 2 aromatic rings. The van der Waals surface area contributed by atoms with Crippen LogP contribution < -0.4 is 5.32 Å². The fourth-order valence-corrected chi connectivity index (χ4v) is 3.44. The first kappa shape index (κ1) is 17.7. The van der Waals surface area contributed by atoms with Crippen molar-refractivity contribution in [3.05, 3.63) is 70.8 Å². The summed E-state index contributed by atoms with van der Waals surface area (Å²) in [6.45, 7) is 7.81. The van der Waals surface area contributed by atoms with E-state index in [-0.39, 0.29) is 11.8 Å². The van der Waals surface area contributed by atoms with Gasteiger partial charge in [0, 0.05) is 19.0 Å². The highest BCUT2D eigenvalue weighted by Gasteiger charge is 2.24. The van der Waals surface area contributed by atoms with Crippen LogP contribution in [0, 0.1) is 19.8 Å². The number of carbonyl (C=O) groups excluding carboxylic acids is 1. The third kappa shape index (κ3) is 4.93. The Labute approximate surface area is 151 Å². The second kappa shape index (κ2) is 8.30. The number of hydrogen-bond donors (Lipinski definition) is 1. The second-order valence-electron chi connectivity index (χ2n) is 7.18. The van der Waals surface area contributed by atoms with E-state index in [9.17, 15) is 4.79 Å². The van der Waals surface area contributed by atoms with Crippen molar-refractivity contribution in [3.8, 4) is 0 Å². The van der Waals surface area contributed by atoms with Crippen molar-refractivity contribution in [3.63, 3.8) is 0 Å². The van der Waals surface area contributed by atoms with Gasteiger partial charge in [-0.05, 0) is 56.5 Å². The summed E-state index contributed by atoms with van der Waals surface area (Å²) >= 11 is 0. The van der Waals surface area contributed by atoms with Gasteiger partial charge in [0.2, 0.25) is 5.91 Å². The van der Waals surface area contributed by atoms with Crippen molar-refractivity contribution in [2.75, 3.05) is 13.1 Å². The predicted octanol–water partition coefficient (Wildman–Crippen LogP) is 3.83. The van der Waals surface area contributed by atoms with Crippen molar-refractivity contribution in [2.24, 2.45) is 5.92 Å². The molecule has 1 heterocycles. The molecule has 1 amide bonds. The zero-order valence-corrected chi connectivity index (χ0v) is 15.3. The molecule has 0 atom stereocenters. The lowest BCUT2D eigenvalue weighted by Crippen LogP contribution is -2.40. The number of aryl methyl sites for hydroxylation is 2. The third-order valence-electron chi connectivity index (χ3n) is 5.20. The maximum absolute atomic E-state index is 12.5. The van der Waals surface area contributed by atoms with E-state index in [4.69, 9.17) is 0 Å². The highest BCUT2D eigenvalue weighted by Crippen LogP contribution is 2.20. The normalized spacial score (nSPS) is 15.9. The summed E-state index contributed by atoms with van der Waals surface area (Å²) in [5, 5.41) is 3.12. The second-order valence-corrected chi connectivity index (χ2v) is 7.18. The Morgan fingerprint density at radius 2 is 1.72 bits per heavy atom. The number of likely N-dealkylation sites (tertiary alicyclic amines) is 1. The molecule has 0 aliphatic carbocycles. The molecule has 1 aliphatic heterocycles. The van der Waals surface area contributed by atoms with E-state index in [2.05, 4.69) is 60.5 Å². The molecule has 25 heavy (non-hydrogen) atoms. The van der Waals surface area contributed by atoms with Gasteiger partial charge in [-0.2, -0.15) is 0 Å². The molecule has 132 valence electrons. The molecule has 0 bridgehead atoms. The summed E-state index contributed by atoms with van der Waals surface area (Å²) in [4.78, 5) is 14.9. The van der Waals surface area contributed by atoms with E-state index < -0.39 is 0 Å². The molecule has 0 spiro atoms. The van der Waals surface area contributed by atoms with E-state index in [1.807, 2.05) is 12.1 Å². The zero-order valence-electron chi connectivity index (χ0n) is 15.3. The van der Waals surface area contributed by atoms with Gasteiger partial charge in [0.05, 0.1) is 0 Å². The Balaban J connectivity index is 1.44. The standard InChI is InChI=1S/C22H28N2O/c1-17-7-9-19(10-8-17)16-24-13-11-20(12-14-24)22(25)23-15-21-6-4-3-5-18(21)2/h3-10,20H,11-16H2,1-2H3,(H,23,25). The van der Waals surface area contributed by atoms with Crippen molar-refractivity contribution >= 4 is 5.91 Å². The number of benzene rings is 2. The van der Waals surface area contributed by atoms with Gasteiger partial charge in [0.15, 0.2) is 0 Å². The molecule has 0 saturated carbocycles. The lowest BCUT2D eigenvalue weighted by Gasteiger charge is -2.31. The van der Waals surface area contributed by atoms with Gasteiger partial charge in [0.25, 0.3) is 0 Å². The first-order valence-corrected chi connectivity index (χ1v) is 9.22. The molecule has 1 N–H and O–H groups in total. The van der Waals surface area contributed by atoms with Crippen LogP contribution in [-0.4, -0.2) is 23.9 Å². The van der Waals surface area contributed by atoms with Crippen molar-refractivity contribution in [2.45, 2.75) is 39.8 Å². The van der Waals surface area contributed by atoms with Crippen LogP contribution >= 0.6 is 0 Å². The SMILES string of the molecule is Cc1ccc(CN2CCC(C(=O)NCc3ccccc3C)CC2)cc1. The Kier molecular flexibility index (Phi) is 5.87. The van der Waals surface area contributed by atoms with Crippen molar-refractivity contribution in [1.29, 1.82) is 0 Å². The minimum Gasteiger partial charge on any atom is -0.352 e. The smallest absolute Gasteiger partial charge is 0.223 e. The number of hydrogen-bond acceptors (Lipinski definition) is 2. The molecule has 3 heteroatoms. The molecule has 0 unspecified atom stereocenters. The highest BCUT2D eigenvalue weighted by atomic mass is 16.1. The zero-order chi connectivity index (χ0) is 17.6. The van der Waals surface area contributed by atoms with Gasteiger partial charge in [0.1, 0.15) is 0 Å². The molecule has 1 saturated heterocycles. The molecular formula is C22H28N2O. The van der Waals surface area contributed by atoms with E-state index >= 15 is 0 Å². The Morgan fingerprint density at radius 1 is 1.04 bits per heavy atom. The fourth-order valence-electron chi connectivity index (χ4n) is 3.44. The summed E-state index contributed by atoms with van der Waals surface area (Å²) in [7, 11) is 0. The summed E-state index contributed by atoms with van der Waals surface area (Å²) in [6, 6.07) is 17.0. The fraction of sp³-hybridized carbons (Fsp3) is 0.409. The van der Waals surface area contributed by atoms with Crippen LogP contribution in [0.4, 0.5) is 0 Å². The Morgan fingerprint density at radius 3 is 2.40 bits per heavy atom. The van der Waals surface area contributed by atoms with E-state index in [0.29, 0.717) is 6.54 Å². The van der Waals surface area contributed by atoms with Crippen molar-refractivity contribution < 1.29 is 4.79 Å². The first-order chi connectivity index (χ1) is 12.1. The Bertz CT molecular complexity index is 700. The summed E-state index contributed by atoms with van der Waals surface area (Å²) < 4.78 is 0. The Hall–Kier alpha value is -2.13.